The van der Waals surface area contributed by atoms with Crippen LogP contribution in [0.1, 0.15) is 5.56 Å². The molecule has 0 amide bonds. The summed E-state index contributed by atoms with van der Waals surface area (Å²) in [4.78, 5) is 2.31. The molecule has 0 saturated carbocycles. The molecule has 0 saturated heterocycles. The number of sulfonamides is 1. The molecule has 0 fully saturated rings. The predicted molar refractivity (Wildman–Crippen MR) is 83.9 cm³/mol. The van der Waals surface area contributed by atoms with Crippen molar-refractivity contribution >= 4 is 16.2 Å². The van der Waals surface area contributed by atoms with Gasteiger partial charge in [0.2, 0.25) is 0 Å². The van der Waals surface area contributed by atoms with E-state index in [2.05, 4.69) is 9.93 Å². The number of nitrogens with one attached hydrogen (secondary N) is 1. The number of hydrogen-bond acceptors (Lipinski definition) is 5. The van der Waals surface area contributed by atoms with E-state index in [4.69, 9.17) is 9.47 Å². The molecular formula is C15H16N2O4S. The molecule has 2 aromatic rings. The van der Waals surface area contributed by atoms with Crippen LogP contribution < -0.4 is 14.3 Å². The highest BCUT2D eigenvalue weighted by Crippen LogP contribution is 2.23. The normalized spacial score (nSPS) is 11.4. The maximum absolute atomic E-state index is 12.0. The largest absolute Gasteiger partial charge is 0.497 e. The Hall–Kier alpha value is -2.54. The van der Waals surface area contributed by atoms with Crippen LogP contribution in [0.4, 0.5) is 0 Å². The summed E-state index contributed by atoms with van der Waals surface area (Å²) in [6.45, 7) is 0. The van der Waals surface area contributed by atoms with Crippen molar-refractivity contribution < 1.29 is 17.9 Å². The zero-order valence-corrected chi connectivity index (χ0v) is 13.0. The van der Waals surface area contributed by atoms with E-state index in [1.54, 1.807) is 43.5 Å². The van der Waals surface area contributed by atoms with Crippen molar-refractivity contribution in [3.8, 4) is 11.5 Å². The average Bonchev–Trinajstić information content (AvgIpc) is 2.55. The second-order valence-electron chi connectivity index (χ2n) is 4.27. The molecule has 0 aliphatic carbocycles. The van der Waals surface area contributed by atoms with Crippen molar-refractivity contribution in [3.63, 3.8) is 0 Å². The standard InChI is InChI=1S/C15H16N2O4S/c1-20-13-9-8-12(15(10-13)21-2)11-16-17-22(18,19)14-6-4-3-5-7-14/h3-11,17H,1-2H3/b16-11+. The second kappa shape index (κ2) is 6.95. The molecule has 0 bridgehead atoms. The van der Waals surface area contributed by atoms with Gasteiger partial charge < -0.3 is 9.47 Å². The molecule has 116 valence electrons. The monoisotopic (exact) mass is 320 g/mol. The summed E-state index contributed by atoms with van der Waals surface area (Å²) in [6, 6.07) is 13.2. The first-order chi connectivity index (χ1) is 10.6. The number of benzene rings is 2. The summed E-state index contributed by atoms with van der Waals surface area (Å²) in [5.74, 6) is 1.17. The molecule has 1 N–H and O–H groups in total. The Morgan fingerprint density at radius 1 is 1.05 bits per heavy atom. The topological polar surface area (TPSA) is 77.0 Å². The number of rotatable bonds is 6. The minimum absolute atomic E-state index is 0.147. The Balaban J connectivity index is 2.16. The van der Waals surface area contributed by atoms with Gasteiger partial charge in [0, 0.05) is 11.6 Å². The van der Waals surface area contributed by atoms with Gasteiger partial charge in [-0.1, -0.05) is 18.2 Å². The lowest BCUT2D eigenvalue weighted by atomic mass is 10.2. The molecule has 0 atom stereocenters. The third-order valence-corrected chi connectivity index (χ3v) is 4.11. The fourth-order valence-corrected chi connectivity index (χ4v) is 2.56. The summed E-state index contributed by atoms with van der Waals surface area (Å²) in [5.41, 5.74) is 0.624. The molecule has 2 aromatic carbocycles. The number of nitrogens with zero attached hydrogens (tertiary/aromatic N) is 1. The van der Waals surface area contributed by atoms with Crippen LogP contribution in [-0.2, 0) is 10.0 Å². The maximum atomic E-state index is 12.0. The molecule has 0 radical (unpaired) electrons. The van der Waals surface area contributed by atoms with Gasteiger partial charge in [-0.25, -0.2) is 4.83 Å². The smallest absolute Gasteiger partial charge is 0.276 e. The van der Waals surface area contributed by atoms with Gasteiger partial charge in [-0.15, -0.1) is 0 Å². The van der Waals surface area contributed by atoms with Gasteiger partial charge in [0.25, 0.3) is 10.0 Å². The molecule has 22 heavy (non-hydrogen) atoms. The molecular weight excluding hydrogens is 304 g/mol. The number of hydrazone groups is 1. The van der Waals surface area contributed by atoms with E-state index < -0.39 is 10.0 Å². The number of methoxy groups -OCH3 is 2. The maximum Gasteiger partial charge on any atom is 0.276 e. The number of hydrogen-bond donors (Lipinski definition) is 1. The zero-order valence-electron chi connectivity index (χ0n) is 12.2. The van der Waals surface area contributed by atoms with Crippen LogP contribution in [-0.4, -0.2) is 28.9 Å². The lowest BCUT2D eigenvalue weighted by Crippen LogP contribution is -2.18. The first kappa shape index (κ1) is 15.8. The molecule has 0 unspecified atom stereocenters. The molecule has 7 heteroatoms. The lowest BCUT2D eigenvalue weighted by molar-refractivity contribution is 0.394. The fraction of sp³-hybridized carbons (Fsp3) is 0.133. The Labute approximate surface area is 129 Å². The van der Waals surface area contributed by atoms with E-state index in [9.17, 15) is 8.42 Å². The van der Waals surface area contributed by atoms with Gasteiger partial charge in [0.05, 0.1) is 25.3 Å². The Morgan fingerprint density at radius 2 is 1.77 bits per heavy atom. The summed E-state index contributed by atoms with van der Waals surface area (Å²) < 4.78 is 34.3. The highest BCUT2D eigenvalue weighted by atomic mass is 32.2. The summed E-state index contributed by atoms with van der Waals surface area (Å²) in [7, 11) is -0.610. The van der Waals surface area contributed by atoms with Gasteiger partial charge in [0.15, 0.2) is 0 Å². The van der Waals surface area contributed by atoms with Crippen LogP contribution in [0.2, 0.25) is 0 Å². The predicted octanol–water partition coefficient (Wildman–Crippen LogP) is 2.02. The van der Waals surface area contributed by atoms with E-state index >= 15 is 0 Å². The van der Waals surface area contributed by atoms with Gasteiger partial charge >= 0.3 is 0 Å². The van der Waals surface area contributed by atoms with Crippen LogP contribution in [0.15, 0.2) is 58.5 Å². The lowest BCUT2D eigenvalue weighted by Gasteiger charge is -2.07. The molecule has 2 rings (SSSR count). The average molecular weight is 320 g/mol. The van der Waals surface area contributed by atoms with Gasteiger partial charge in [0.1, 0.15) is 11.5 Å². The molecule has 6 nitrogen and oxygen atoms in total. The highest BCUT2D eigenvalue weighted by Gasteiger charge is 2.11. The summed E-state index contributed by atoms with van der Waals surface area (Å²) in [6.07, 6.45) is 1.37. The van der Waals surface area contributed by atoms with Crippen molar-refractivity contribution in [3.05, 3.63) is 54.1 Å². The summed E-state index contributed by atoms with van der Waals surface area (Å²) in [5, 5.41) is 3.77. The van der Waals surface area contributed by atoms with Crippen molar-refractivity contribution in [1.29, 1.82) is 0 Å². The molecule has 0 aliphatic rings. The summed E-state index contributed by atoms with van der Waals surface area (Å²) >= 11 is 0. The van der Waals surface area contributed by atoms with E-state index in [0.29, 0.717) is 17.1 Å². The molecule has 0 aromatic heterocycles. The fourth-order valence-electron chi connectivity index (χ4n) is 1.74. The Kier molecular flexibility index (Phi) is 5.00. The van der Waals surface area contributed by atoms with E-state index in [1.165, 1.54) is 25.5 Å². The van der Waals surface area contributed by atoms with Crippen LogP contribution in [0.3, 0.4) is 0 Å². The highest BCUT2D eigenvalue weighted by molar-refractivity contribution is 7.89. The van der Waals surface area contributed by atoms with E-state index in [1.807, 2.05) is 0 Å². The Morgan fingerprint density at radius 3 is 2.41 bits per heavy atom. The van der Waals surface area contributed by atoms with Gasteiger partial charge in [-0.3, -0.25) is 0 Å². The third kappa shape index (κ3) is 3.76. The van der Waals surface area contributed by atoms with Gasteiger partial charge in [-0.2, -0.15) is 13.5 Å². The van der Waals surface area contributed by atoms with Gasteiger partial charge in [-0.05, 0) is 24.3 Å². The Bertz CT molecular complexity index is 758. The van der Waals surface area contributed by atoms with Crippen LogP contribution in [0.5, 0.6) is 11.5 Å². The minimum Gasteiger partial charge on any atom is -0.497 e. The van der Waals surface area contributed by atoms with E-state index in [-0.39, 0.29) is 4.90 Å². The van der Waals surface area contributed by atoms with Crippen LogP contribution in [0, 0.1) is 0 Å². The van der Waals surface area contributed by atoms with E-state index in [0.717, 1.165) is 0 Å². The SMILES string of the molecule is COc1ccc(/C=N/NS(=O)(=O)c2ccccc2)c(OC)c1. The zero-order chi connectivity index (χ0) is 16.0. The quantitative estimate of drug-likeness (QED) is 0.652. The first-order valence-corrected chi connectivity index (χ1v) is 7.87. The van der Waals surface area contributed by atoms with Crippen molar-refractivity contribution in [1.82, 2.24) is 4.83 Å². The minimum atomic E-state index is -3.68. The first-order valence-electron chi connectivity index (χ1n) is 6.39. The number of ether oxygens (including phenoxy) is 2. The second-order valence-corrected chi connectivity index (χ2v) is 5.93. The molecule has 0 aliphatic heterocycles. The third-order valence-electron chi connectivity index (χ3n) is 2.87. The van der Waals surface area contributed by atoms with Crippen molar-refractivity contribution in [2.45, 2.75) is 4.90 Å². The van der Waals surface area contributed by atoms with Crippen LogP contribution in [0.25, 0.3) is 0 Å². The molecule has 0 spiro atoms. The van der Waals surface area contributed by atoms with Crippen LogP contribution >= 0.6 is 0 Å². The molecule has 0 heterocycles. The van der Waals surface area contributed by atoms with Crippen molar-refractivity contribution in [2.24, 2.45) is 5.10 Å². The van der Waals surface area contributed by atoms with Crippen molar-refractivity contribution in [2.75, 3.05) is 14.2 Å².